The van der Waals surface area contributed by atoms with Crippen molar-refractivity contribution in [2.75, 3.05) is 12.8 Å². The molecule has 4 nitrogen and oxygen atoms in total. The molecule has 0 amide bonds. The number of methoxy groups -OCH3 is 1. The fraction of sp³-hybridized carbons (Fsp3) is 0.308. The number of nitrogens with two attached hydrogens (primary N) is 1. The Morgan fingerprint density at radius 1 is 1.47 bits per heavy atom. The van der Waals surface area contributed by atoms with Gasteiger partial charge in [0.05, 0.1) is 7.11 Å². The Morgan fingerprint density at radius 3 is 2.88 bits per heavy atom. The summed E-state index contributed by atoms with van der Waals surface area (Å²) in [5, 5.41) is 0.871. The average Bonchev–Trinajstić information content (AvgIpc) is 3.09. The first-order valence-electron chi connectivity index (χ1n) is 5.61. The molecule has 0 bridgehead atoms. The molecule has 0 unspecified atom stereocenters. The summed E-state index contributed by atoms with van der Waals surface area (Å²) in [5.74, 6) is 0.264. The van der Waals surface area contributed by atoms with Gasteiger partial charge in [0, 0.05) is 16.6 Å². The molecule has 88 valence electrons. The van der Waals surface area contributed by atoms with Gasteiger partial charge in [0.2, 0.25) is 5.76 Å². The summed E-state index contributed by atoms with van der Waals surface area (Å²) in [5.41, 5.74) is 8.20. The molecule has 1 saturated carbocycles. The lowest BCUT2D eigenvalue weighted by molar-refractivity contribution is 0.0566. The Hall–Kier alpha value is -1.97. The highest BCUT2D eigenvalue weighted by molar-refractivity contribution is 6.01. The summed E-state index contributed by atoms with van der Waals surface area (Å²) in [6.45, 7) is 0. The minimum absolute atomic E-state index is 0.308. The van der Waals surface area contributed by atoms with Crippen molar-refractivity contribution in [3.63, 3.8) is 0 Å². The van der Waals surface area contributed by atoms with E-state index in [0.717, 1.165) is 23.8 Å². The first-order chi connectivity index (χ1) is 8.22. The fourth-order valence-electron chi connectivity index (χ4n) is 2.21. The molecule has 2 N–H and O–H groups in total. The van der Waals surface area contributed by atoms with Gasteiger partial charge in [-0.05, 0) is 30.9 Å². The maximum absolute atomic E-state index is 11.7. The second kappa shape index (κ2) is 3.52. The van der Waals surface area contributed by atoms with Gasteiger partial charge in [-0.2, -0.15) is 0 Å². The predicted octanol–water partition coefficient (Wildman–Crippen LogP) is 2.68. The molecule has 1 aliphatic rings. The number of furan rings is 1. The third-order valence-electron chi connectivity index (χ3n) is 3.14. The molecule has 1 fully saturated rings. The standard InChI is InChI=1S/C13H13NO3/c1-16-13(15)12-10(7-5-6-7)11-8(14)3-2-4-9(11)17-12/h2-4,7H,5-6,14H2,1H3. The predicted molar refractivity (Wildman–Crippen MR) is 63.9 cm³/mol. The maximum atomic E-state index is 11.7. The Bertz CT molecular complexity index is 596. The fourth-order valence-corrected chi connectivity index (χ4v) is 2.21. The van der Waals surface area contributed by atoms with E-state index in [2.05, 4.69) is 0 Å². The lowest BCUT2D eigenvalue weighted by Gasteiger charge is -2.00. The maximum Gasteiger partial charge on any atom is 0.374 e. The van der Waals surface area contributed by atoms with E-state index in [0.29, 0.717) is 22.9 Å². The second-order valence-corrected chi connectivity index (χ2v) is 4.33. The molecular formula is C13H13NO3. The molecule has 1 aliphatic carbocycles. The lowest BCUT2D eigenvalue weighted by atomic mass is 10.0. The molecule has 0 atom stereocenters. The number of carbonyl (C=O) groups is 1. The number of carbonyl (C=O) groups excluding carboxylic acids is 1. The summed E-state index contributed by atoms with van der Waals surface area (Å²) < 4.78 is 10.3. The van der Waals surface area contributed by atoms with Crippen LogP contribution >= 0.6 is 0 Å². The van der Waals surface area contributed by atoms with Gasteiger partial charge in [-0.15, -0.1) is 0 Å². The number of fused-ring (bicyclic) bond motifs is 1. The number of benzene rings is 1. The van der Waals surface area contributed by atoms with Crippen LogP contribution in [0.3, 0.4) is 0 Å². The second-order valence-electron chi connectivity index (χ2n) is 4.33. The normalized spacial score (nSPS) is 15.1. The van der Waals surface area contributed by atoms with E-state index in [1.54, 1.807) is 0 Å². The zero-order valence-electron chi connectivity index (χ0n) is 9.53. The molecule has 0 spiro atoms. The van der Waals surface area contributed by atoms with Crippen LogP contribution < -0.4 is 5.73 Å². The number of esters is 1. The highest BCUT2D eigenvalue weighted by atomic mass is 16.5. The van der Waals surface area contributed by atoms with Crippen molar-refractivity contribution in [1.29, 1.82) is 0 Å². The van der Waals surface area contributed by atoms with Gasteiger partial charge < -0.3 is 14.9 Å². The highest BCUT2D eigenvalue weighted by Crippen LogP contribution is 2.47. The quantitative estimate of drug-likeness (QED) is 0.637. The summed E-state index contributed by atoms with van der Waals surface area (Å²) in [4.78, 5) is 11.7. The van der Waals surface area contributed by atoms with Gasteiger partial charge in [-0.1, -0.05) is 6.07 Å². The van der Waals surface area contributed by atoms with Gasteiger partial charge in [-0.25, -0.2) is 4.79 Å². The third kappa shape index (κ3) is 1.48. The van der Waals surface area contributed by atoms with Gasteiger partial charge >= 0.3 is 5.97 Å². The largest absolute Gasteiger partial charge is 0.463 e. The van der Waals surface area contributed by atoms with Crippen LogP contribution in [0.2, 0.25) is 0 Å². The zero-order chi connectivity index (χ0) is 12.0. The van der Waals surface area contributed by atoms with Crippen LogP contribution in [0.4, 0.5) is 5.69 Å². The van der Waals surface area contributed by atoms with E-state index < -0.39 is 5.97 Å². The molecular weight excluding hydrogens is 218 g/mol. The molecule has 1 heterocycles. The van der Waals surface area contributed by atoms with E-state index >= 15 is 0 Å². The topological polar surface area (TPSA) is 65.5 Å². The van der Waals surface area contributed by atoms with Gasteiger partial charge in [-0.3, -0.25) is 0 Å². The summed E-state index contributed by atoms with van der Waals surface area (Å²) in [6.07, 6.45) is 2.15. The van der Waals surface area contributed by atoms with E-state index in [1.165, 1.54) is 7.11 Å². The van der Waals surface area contributed by atoms with E-state index in [-0.39, 0.29) is 0 Å². The van der Waals surface area contributed by atoms with Crippen molar-refractivity contribution in [2.45, 2.75) is 18.8 Å². The molecule has 2 aromatic rings. The van der Waals surface area contributed by atoms with Crippen LogP contribution in [0.5, 0.6) is 0 Å². The van der Waals surface area contributed by atoms with E-state index in [1.807, 2.05) is 18.2 Å². The van der Waals surface area contributed by atoms with Crippen molar-refractivity contribution >= 4 is 22.6 Å². The van der Waals surface area contributed by atoms with Crippen LogP contribution in [0.15, 0.2) is 22.6 Å². The molecule has 1 aromatic carbocycles. The minimum Gasteiger partial charge on any atom is -0.463 e. The number of hydrogen-bond acceptors (Lipinski definition) is 4. The van der Waals surface area contributed by atoms with Crippen LogP contribution in [0.25, 0.3) is 11.0 Å². The van der Waals surface area contributed by atoms with Crippen molar-refractivity contribution in [3.8, 4) is 0 Å². The number of rotatable bonds is 2. The first kappa shape index (κ1) is 10.2. The van der Waals surface area contributed by atoms with E-state index in [9.17, 15) is 4.79 Å². The number of ether oxygens (including phenoxy) is 1. The van der Waals surface area contributed by atoms with Crippen molar-refractivity contribution in [2.24, 2.45) is 0 Å². The van der Waals surface area contributed by atoms with Gasteiger partial charge in [0.1, 0.15) is 5.58 Å². The van der Waals surface area contributed by atoms with Crippen molar-refractivity contribution in [1.82, 2.24) is 0 Å². The summed E-state index contributed by atoms with van der Waals surface area (Å²) in [6, 6.07) is 5.47. The van der Waals surface area contributed by atoms with Gasteiger partial charge in [0.15, 0.2) is 0 Å². The smallest absolute Gasteiger partial charge is 0.374 e. The number of hydrogen-bond donors (Lipinski definition) is 1. The van der Waals surface area contributed by atoms with Crippen molar-refractivity contribution < 1.29 is 13.9 Å². The molecule has 17 heavy (non-hydrogen) atoms. The Balaban J connectivity index is 2.31. The van der Waals surface area contributed by atoms with Crippen LogP contribution in [-0.2, 0) is 4.74 Å². The molecule has 1 aromatic heterocycles. The minimum atomic E-state index is -0.428. The van der Waals surface area contributed by atoms with Crippen LogP contribution in [0.1, 0.15) is 34.9 Å². The Morgan fingerprint density at radius 2 is 2.24 bits per heavy atom. The highest BCUT2D eigenvalue weighted by Gasteiger charge is 2.34. The third-order valence-corrected chi connectivity index (χ3v) is 3.14. The molecule has 0 radical (unpaired) electrons. The zero-order valence-corrected chi connectivity index (χ0v) is 9.53. The molecule has 4 heteroatoms. The molecule has 0 aliphatic heterocycles. The number of anilines is 1. The molecule has 0 saturated heterocycles. The van der Waals surface area contributed by atoms with E-state index in [4.69, 9.17) is 14.9 Å². The van der Waals surface area contributed by atoms with Crippen LogP contribution in [-0.4, -0.2) is 13.1 Å². The Labute approximate surface area is 98.3 Å². The first-order valence-corrected chi connectivity index (χ1v) is 5.61. The summed E-state index contributed by atoms with van der Waals surface area (Å²) >= 11 is 0. The van der Waals surface area contributed by atoms with Crippen LogP contribution in [0, 0.1) is 0 Å². The van der Waals surface area contributed by atoms with Gasteiger partial charge in [0.25, 0.3) is 0 Å². The molecule has 3 rings (SSSR count). The Kier molecular flexibility index (Phi) is 2.11. The average molecular weight is 231 g/mol. The monoisotopic (exact) mass is 231 g/mol. The number of nitrogen functional groups attached to an aromatic ring is 1. The summed E-state index contributed by atoms with van der Waals surface area (Å²) in [7, 11) is 1.36. The SMILES string of the molecule is COC(=O)c1oc2cccc(N)c2c1C1CC1. The lowest BCUT2D eigenvalue weighted by Crippen LogP contribution is -2.02. The van der Waals surface area contributed by atoms with Crippen molar-refractivity contribution in [3.05, 3.63) is 29.5 Å².